The minimum absolute atomic E-state index is 0.0572. The van der Waals surface area contributed by atoms with Crippen LogP contribution in [0.25, 0.3) is 0 Å². The summed E-state index contributed by atoms with van der Waals surface area (Å²) in [7, 11) is 1.85. The molecular weight excluding hydrogens is 212 g/mol. The van der Waals surface area contributed by atoms with Crippen molar-refractivity contribution in [1.82, 2.24) is 10.2 Å². The standard InChI is InChI=1S/C14H30N2O/c1-5-7-9-11-16(12-10-8-6-2)14(17)13(3)15-4/h13,15H,5-12H2,1-4H3. The summed E-state index contributed by atoms with van der Waals surface area (Å²) in [5.41, 5.74) is 0. The van der Waals surface area contributed by atoms with E-state index in [1.54, 1.807) is 0 Å². The first-order valence-electron chi connectivity index (χ1n) is 7.13. The average Bonchev–Trinajstić information content (AvgIpc) is 2.35. The summed E-state index contributed by atoms with van der Waals surface area (Å²) >= 11 is 0. The Morgan fingerprint density at radius 3 is 1.88 bits per heavy atom. The van der Waals surface area contributed by atoms with Crippen LogP contribution in [0.15, 0.2) is 0 Å². The number of nitrogens with one attached hydrogen (secondary N) is 1. The Kier molecular flexibility index (Phi) is 10.2. The number of unbranched alkanes of at least 4 members (excludes halogenated alkanes) is 4. The van der Waals surface area contributed by atoms with Crippen molar-refractivity contribution < 1.29 is 4.79 Å². The Bertz CT molecular complexity index is 185. The van der Waals surface area contributed by atoms with Gasteiger partial charge in [-0.05, 0) is 26.8 Å². The molecule has 0 aromatic heterocycles. The van der Waals surface area contributed by atoms with Crippen LogP contribution in [0.4, 0.5) is 0 Å². The van der Waals surface area contributed by atoms with Crippen molar-refractivity contribution in [3.05, 3.63) is 0 Å². The van der Waals surface area contributed by atoms with E-state index in [1.165, 1.54) is 25.7 Å². The number of carbonyl (C=O) groups is 1. The maximum Gasteiger partial charge on any atom is 0.239 e. The van der Waals surface area contributed by atoms with E-state index < -0.39 is 0 Å². The molecule has 1 unspecified atom stereocenters. The zero-order valence-electron chi connectivity index (χ0n) is 12.1. The molecule has 0 spiro atoms. The highest BCUT2D eigenvalue weighted by Gasteiger charge is 2.17. The molecule has 1 amide bonds. The Hall–Kier alpha value is -0.570. The van der Waals surface area contributed by atoms with Crippen LogP contribution in [0.3, 0.4) is 0 Å². The van der Waals surface area contributed by atoms with Crippen LogP contribution in [0, 0.1) is 0 Å². The van der Waals surface area contributed by atoms with E-state index in [0.717, 1.165) is 25.9 Å². The quantitative estimate of drug-likeness (QED) is 0.597. The fourth-order valence-electron chi connectivity index (χ4n) is 1.83. The van der Waals surface area contributed by atoms with Crippen LogP contribution >= 0.6 is 0 Å². The van der Waals surface area contributed by atoms with E-state index in [1.807, 2.05) is 18.9 Å². The molecule has 0 aromatic rings. The van der Waals surface area contributed by atoms with Crippen LogP contribution in [-0.2, 0) is 4.79 Å². The largest absolute Gasteiger partial charge is 0.341 e. The lowest BCUT2D eigenvalue weighted by atomic mass is 10.2. The maximum atomic E-state index is 12.1. The molecule has 3 nitrogen and oxygen atoms in total. The minimum atomic E-state index is -0.0572. The van der Waals surface area contributed by atoms with Crippen molar-refractivity contribution in [1.29, 1.82) is 0 Å². The van der Waals surface area contributed by atoms with Gasteiger partial charge in [-0.2, -0.15) is 0 Å². The van der Waals surface area contributed by atoms with Crippen LogP contribution in [0.5, 0.6) is 0 Å². The van der Waals surface area contributed by atoms with Gasteiger partial charge in [-0.25, -0.2) is 0 Å². The highest BCUT2D eigenvalue weighted by Crippen LogP contribution is 2.05. The molecule has 0 heterocycles. The topological polar surface area (TPSA) is 32.3 Å². The van der Waals surface area contributed by atoms with Crippen molar-refractivity contribution in [2.75, 3.05) is 20.1 Å². The fourth-order valence-corrected chi connectivity index (χ4v) is 1.83. The van der Waals surface area contributed by atoms with Crippen molar-refractivity contribution in [2.45, 2.75) is 65.3 Å². The molecule has 17 heavy (non-hydrogen) atoms. The van der Waals surface area contributed by atoms with Gasteiger partial charge in [0.05, 0.1) is 6.04 Å². The van der Waals surface area contributed by atoms with Gasteiger partial charge in [0.25, 0.3) is 0 Å². The highest BCUT2D eigenvalue weighted by molar-refractivity contribution is 5.81. The molecule has 0 aliphatic heterocycles. The number of hydrogen-bond acceptors (Lipinski definition) is 2. The molecule has 0 bridgehead atoms. The number of likely N-dealkylation sites (N-methyl/N-ethyl adjacent to an activating group) is 1. The van der Waals surface area contributed by atoms with Gasteiger partial charge in [-0.15, -0.1) is 0 Å². The molecule has 0 rings (SSSR count). The summed E-state index contributed by atoms with van der Waals surface area (Å²) in [6.45, 7) is 8.17. The van der Waals surface area contributed by atoms with Crippen molar-refractivity contribution >= 4 is 5.91 Å². The number of nitrogens with zero attached hydrogens (tertiary/aromatic N) is 1. The van der Waals surface area contributed by atoms with Crippen LogP contribution in [0.2, 0.25) is 0 Å². The van der Waals surface area contributed by atoms with E-state index >= 15 is 0 Å². The lowest BCUT2D eigenvalue weighted by Crippen LogP contribution is -2.44. The Labute approximate surface area is 107 Å². The Morgan fingerprint density at radius 2 is 1.53 bits per heavy atom. The SMILES string of the molecule is CCCCCN(CCCCC)C(=O)C(C)NC. The molecule has 0 aliphatic rings. The normalized spacial score (nSPS) is 12.5. The lowest BCUT2D eigenvalue weighted by Gasteiger charge is -2.25. The van der Waals surface area contributed by atoms with Gasteiger partial charge in [0, 0.05) is 13.1 Å². The summed E-state index contributed by atoms with van der Waals surface area (Å²) in [6, 6.07) is -0.0572. The second kappa shape index (κ2) is 10.6. The van der Waals surface area contributed by atoms with E-state index in [2.05, 4.69) is 19.2 Å². The van der Waals surface area contributed by atoms with E-state index in [0.29, 0.717) is 0 Å². The van der Waals surface area contributed by atoms with Gasteiger partial charge >= 0.3 is 0 Å². The first-order chi connectivity index (χ1) is 8.17. The zero-order valence-corrected chi connectivity index (χ0v) is 12.1. The minimum Gasteiger partial charge on any atom is -0.341 e. The van der Waals surface area contributed by atoms with E-state index in [-0.39, 0.29) is 11.9 Å². The summed E-state index contributed by atoms with van der Waals surface area (Å²) < 4.78 is 0. The molecule has 0 saturated heterocycles. The van der Waals surface area contributed by atoms with Crippen molar-refractivity contribution in [3.63, 3.8) is 0 Å². The third kappa shape index (κ3) is 7.37. The third-order valence-corrected chi connectivity index (χ3v) is 3.18. The second-order valence-electron chi connectivity index (χ2n) is 4.75. The number of hydrogen-bond donors (Lipinski definition) is 1. The maximum absolute atomic E-state index is 12.1. The van der Waals surface area contributed by atoms with Crippen LogP contribution in [-0.4, -0.2) is 37.0 Å². The van der Waals surface area contributed by atoms with Crippen LogP contribution in [0.1, 0.15) is 59.3 Å². The molecule has 0 aliphatic carbocycles. The fraction of sp³-hybridized carbons (Fsp3) is 0.929. The molecule has 0 aromatic carbocycles. The van der Waals surface area contributed by atoms with Gasteiger partial charge in [0.1, 0.15) is 0 Å². The molecule has 0 saturated carbocycles. The first-order valence-corrected chi connectivity index (χ1v) is 7.13. The third-order valence-electron chi connectivity index (χ3n) is 3.18. The van der Waals surface area contributed by atoms with Gasteiger partial charge in [-0.3, -0.25) is 4.79 Å². The average molecular weight is 242 g/mol. The monoisotopic (exact) mass is 242 g/mol. The number of carbonyl (C=O) groups excluding carboxylic acids is 1. The van der Waals surface area contributed by atoms with Crippen molar-refractivity contribution in [3.8, 4) is 0 Å². The summed E-state index contributed by atoms with van der Waals surface area (Å²) in [6.07, 6.45) is 7.10. The molecule has 0 radical (unpaired) electrons. The Balaban J connectivity index is 4.12. The molecule has 102 valence electrons. The van der Waals surface area contributed by atoms with Crippen molar-refractivity contribution in [2.24, 2.45) is 0 Å². The lowest BCUT2D eigenvalue weighted by molar-refractivity contribution is -0.133. The first kappa shape index (κ1) is 16.4. The van der Waals surface area contributed by atoms with Gasteiger partial charge in [-0.1, -0.05) is 39.5 Å². The number of rotatable bonds is 10. The van der Waals surface area contributed by atoms with Gasteiger partial charge in [0.15, 0.2) is 0 Å². The zero-order chi connectivity index (χ0) is 13.1. The smallest absolute Gasteiger partial charge is 0.239 e. The summed E-state index contributed by atoms with van der Waals surface area (Å²) in [5, 5.41) is 3.03. The highest BCUT2D eigenvalue weighted by atomic mass is 16.2. The van der Waals surface area contributed by atoms with E-state index in [4.69, 9.17) is 0 Å². The predicted molar refractivity (Wildman–Crippen MR) is 74.2 cm³/mol. The van der Waals surface area contributed by atoms with E-state index in [9.17, 15) is 4.79 Å². The Morgan fingerprint density at radius 1 is 1.06 bits per heavy atom. The molecule has 0 fully saturated rings. The van der Waals surface area contributed by atoms with Gasteiger partial charge in [0.2, 0.25) is 5.91 Å². The molecule has 1 N–H and O–H groups in total. The number of amides is 1. The summed E-state index contributed by atoms with van der Waals surface area (Å²) in [5.74, 6) is 0.250. The van der Waals surface area contributed by atoms with Gasteiger partial charge < -0.3 is 10.2 Å². The molecule has 3 heteroatoms. The predicted octanol–water partition coefficient (Wildman–Crippen LogP) is 2.80. The van der Waals surface area contributed by atoms with Crippen LogP contribution < -0.4 is 5.32 Å². The molecular formula is C14H30N2O. The molecule has 1 atom stereocenters. The summed E-state index contributed by atoms with van der Waals surface area (Å²) in [4.78, 5) is 14.2. The second-order valence-corrected chi connectivity index (χ2v) is 4.75.